The highest BCUT2D eigenvalue weighted by Gasteiger charge is 2.25. The predicted molar refractivity (Wildman–Crippen MR) is 54.2 cm³/mol. The van der Waals surface area contributed by atoms with Crippen molar-refractivity contribution in [3.63, 3.8) is 0 Å². The second-order valence-electron chi connectivity index (χ2n) is 3.75. The molecule has 2 rings (SSSR count). The van der Waals surface area contributed by atoms with Crippen LogP contribution in [0.1, 0.15) is 12.0 Å². The Morgan fingerprint density at radius 2 is 2.40 bits per heavy atom. The molecule has 0 aromatic heterocycles. The van der Waals surface area contributed by atoms with Gasteiger partial charge in [0.1, 0.15) is 23.8 Å². The van der Waals surface area contributed by atoms with Gasteiger partial charge < -0.3 is 15.6 Å². The van der Waals surface area contributed by atoms with Crippen LogP contribution in [0.3, 0.4) is 0 Å². The van der Waals surface area contributed by atoms with E-state index < -0.39 is 6.10 Å². The molecule has 0 amide bonds. The van der Waals surface area contributed by atoms with Crippen molar-refractivity contribution in [1.82, 2.24) is 0 Å². The van der Waals surface area contributed by atoms with E-state index in [1.807, 2.05) is 0 Å². The Morgan fingerprint density at radius 3 is 3.13 bits per heavy atom. The Bertz CT molecular complexity index is 356. The lowest BCUT2D eigenvalue weighted by molar-refractivity contribution is 0.0296. The highest BCUT2D eigenvalue weighted by Crippen LogP contribution is 2.29. The lowest BCUT2D eigenvalue weighted by atomic mass is 9.99. The van der Waals surface area contributed by atoms with Crippen LogP contribution in [0.25, 0.3) is 0 Å². The number of ether oxygens (including phenoxy) is 1. The van der Waals surface area contributed by atoms with Crippen LogP contribution in [0.2, 0.25) is 0 Å². The number of hydrogen-bond donors (Lipinski definition) is 2. The van der Waals surface area contributed by atoms with Crippen LogP contribution >= 0.6 is 0 Å². The number of halogens is 1. The zero-order valence-corrected chi connectivity index (χ0v) is 8.32. The van der Waals surface area contributed by atoms with E-state index in [0.29, 0.717) is 12.2 Å². The summed E-state index contributed by atoms with van der Waals surface area (Å²) >= 11 is 0. The van der Waals surface area contributed by atoms with Gasteiger partial charge in [0.25, 0.3) is 0 Å². The number of aryl methyl sites for hydroxylation is 1. The van der Waals surface area contributed by atoms with Crippen molar-refractivity contribution in [3.05, 3.63) is 29.6 Å². The summed E-state index contributed by atoms with van der Waals surface area (Å²) < 4.78 is 18.4. The van der Waals surface area contributed by atoms with Gasteiger partial charge in [0, 0.05) is 6.54 Å². The van der Waals surface area contributed by atoms with Crippen molar-refractivity contribution < 1.29 is 14.2 Å². The van der Waals surface area contributed by atoms with Gasteiger partial charge in [-0.05, 0) is 36.6 Å². The van der Waals surface area contributed by atoms with E-state index >= 15 is 0 Å². The molecule has 0 aliphatic carbocycles. The van der Waals surface area contributed by atoms with Crippen LogP contribution in [-0.2, 0) is 6.42 Å². The molecule has 0 saturated carbocycles. The van der Waals surface area contributed by atoms with Gasteiger partial charge in [-0.1, -0.05) is 0 Å². The number of aliphatic hydroxyl groups excluding tert-OH is 1. The van der Waals surface area contributed by atoms with Crippen LogP contribution in [-0.4, -0.2) is 23.9 Å². The smallest absolute Gasteiger partial charge is 0.126 e. The van der Waals surface area contributed by atoms with Gasteiger partial charge in [-0.3, -0.25) is 0 Å². The fourth-order valence-electron chi connectivity index (χ4n) is 1.80. The van der Waals surface area contributed by atoms with Crippen LogP contribution in [0, 0.1) is 5.82 Å². The molecule has 1 aromatic carbocycles. The minimum atomic E-state index is -0.650. The lowest BCUT2D eigenvalue weighted by Gasteiger charge is -2.28. The maximum atomic E-state index is 12.9. The molecule has 1 unspecified atom stereocenters. The molecule has 1 aromatic rings. The van der Waals surface area contributed by atoms with Crippen LogP contribution in [0.4, 0.5) is 4.39 Å². The molecule has 1 aliphatic rings. The zero-order chi connectivity index (χ0) is 10.8. The molecule has 3 N–H and O–H groups in total. The Labute approximate surface area is 87.7 Å². The highest BCUT2D eigenvalue weighted by atomic mass is 19.1. The summed E-state index contributed by atoms with van der Waals surface area (Å²) in [5.41, 5.74) is 6.21. The second kappa shape index (κ2) is 4.16. The molecule has 1 heterocycles. The maximum absolute atomic E-state index is 12.9. The summed E-state index contributed by atoms with van der Waals surface area (Å²) in [6, 6.07) is 4.43. The Morgan fingerprint density at radius 1 is 1.60 bits per heavy atom. The average molecular weight is 211 g/mol. The van der Waals surface area contributed by atoms with E-state index in [0.717, 1.165) is 12.0 Å². The quantitative estimate of drug-likeness (QED) is 0.762. The topological polar surface area (TPSA) is 55.5 Å². The third-order valence-electron chi connectivity index (χ3n) is 2.67. The number of nitrogens with two attached hydrogens (primary N) is 1. The molecular formula is C11H14FNO2. The van der Waals surface area contributed by atoms with Crippen molar-refractivity contribution in [2.45, 2.75) is 25.0 Å². The predicted octanol–water partition coefficient (Wildman–Crippen LogP) is 0.839. The molecule has 3 nitrogen and oxygen atoms in total. The van der Waals surface area contributed by atoms with E-state index in [9.17, 15) is 9.50 Å². The van der Waals surface area contributed by atoms with E-state index in [-0.39, 0.29) is 18.5 Å². The van der Waals surface area contributed by atoms with Gasteiger partial charge in [-0.2, -0.15) is 0 Å². The van der Waals surface area contributed by atoms with Crippen LogP contribution < -0.4 is 10.5 Å². The average Bonchev–Trinajstić information content (AvgIpc) is 2.27. The van der Waals surface area contributed by atoms with E-state index in [2.05, 4.69) is 0 Å². The van der Waals surface area contributed by atoms with Gasteiger partial charge in [0.05, 0.1) is 0 Å². The van der Waals surface area contributed by atoms with Gasteiger partial charge >= 0.3 is 0 Å². The maximum Gasteiger partial charge on any atom is 0.126 e. The van der Waals surface area contributed by atoms with Crippen LogP contribution in [0.5, 0.6) is 5.75 Å². The minimum absolute atomic E-state index is 0.182. The molecule has 82 valence electrons. The normalized spacial score (nSPS) is 21.7. The molecular weight excluding hydrogens is 197 g/mol. The lowest BCUT2D eigenvalue weighted by Crippen LogP contribution is -2.39. The van der Waals surface area contributed by atoms with Crippen molar-refractivity contribution in [2.24, 2.45) is 5.73 Å². The fraction of sp³-hybridized carbons (Fsp3) is 0.455. The molecule has 4 heteroatoms. The molecule has 0 spiro atoms. The monoisotopic (exact) mass is 211 g/mol. The first kappa shape index (κ1) is 10.4. The van der Waals surface area contributed by atoms with Gasteiger partial charge in [0.2, 0.25) is 0 Å². The van der Waals surface area contributed by atoms with Crippen molar-refractivity contribution in [1.29, 1.82) is 0 Å². The Kier molecular flexibility index (Phi) is 2.88. The van der Waals surface area contributed by atoms with E-state index in [4.69, 9.17) is 10.5 Å². The number of aliphatic hydroxyl groups is 1. The SMILES string of the molecule is NCC(O)[C@@H]1CCc2cc(F)ccc2O1. The summed E-state index contributed by atoms with van der Waals surface area (Å²) in [6.45, 7) is 0.182. The van der Waals surface area contributed by atoms with Crippen LogP contribution in [0.15, 0.2) is 18.2 Å². The summed E-state index contributed by atoms with van der Waals surface area (Å²) in [6.07, 6.45) is 0.472. The Balaban J connectivity index is 2.16. The summed E-state index contributed by atoms with van der Waals surface area (Å²) in [4.78, 5) is 0. The minimum Gasteiger partial charge on any atom is -0.487 e. The highest BCUT2D eigenvalue weighted by molar-refractivity contribution is 5.35. The number of rotatable bonds is 2. The van der Waals surface area contributed by atoms with E-state index in [1.165, 1.54) is 12.1 Å². The van der Waals surface area contributed by atoms with Gasteiger partial charge in [0.15, 0.2) is 0 Å². The molecule has 1 aliphatic heterocycles. The number of benzene rings is 1. The molecule has 0 bridgehead atoms. The first-order chi connectivity index (χ1) is 7.20. The largest absolute Gasteiger partial charge is 0.487 e. The summed E-state index contributed by atoms with van der Waals surface area (Å²) in [5.74, 6) is 0.398. The zero-order valence-electron chi connectivity index (χ0n) is 8.32. The molecule has 2 atom stereocenters. The second-order valence-corrected chi connectivity index (χ2v) is 3.75. The van der Waals surface area contributed by atoms with Crippen molar-refractivity contribution in [2.75, 3.05) is 6.54 Å². The number of fused-ring (bicyclic) bond motifs is 1. The number of hydrogen-bond acceptors (Lipinski definition) is 3. The standard InChI is InChI=1S/C11H14FNO2/c12-8-2-4-10-7(5-8)1-3-11(15-10)9(14)6-13/h2,4-5,9,11,14H,1,3,6,13H2/t9?,11-/m0/s1. The Hall–Kier alpha value is -1.13. The van der Waals surface area contributed by atoms with Gasteiger partial charge in [-0.25, -0.2) is 4.39 Å². The third-order valence-corrected chi connectivity index (χ3v) is 2.67. The van der Waals surface area contributed by atoms with Crippen molar-refractivity contribution >= 4 is 0 Å². The molecule has 0 saturated heterocycles. The summed E-state index contributed by atoms with van der Waals surface area (Å²) in [7, 11) is 0. The molecule has 0 fully saturated rings. The molecule has 0 radical (unpaired) electrons. The van der Waals surface area contributed by atoms with E-state index in [1.54, 1.807) is 6.07 Å². The van der Waals surface area contributed by atoms with Crippen molar-refractivity contribution in [3.8, 4) is 5.75 Å². The first-order valence-corrected chi connectivity index (χ1v) is 5.04. The molecule has 15 heavy (non-hydrogen) atoms. The van der Waals surface area contributed by atoms with Gasteiger partial charge in [-0.15, -0.1) is 0 Å². The summed E-state index contributed by atoms with van der Waals surface area (Å²) in [5, 5.41) is 9.54. The third kappa shape index (κ3) is 2.11. The first-order valence-electron chi connectivity index (χ1n) is 5.04. The fourth-order valence-corrected chi connectivity index (χ4v) is 1.80.